The topological polar surface area (TPSA) is 21.3 Å². The van der Waals surface area contributed by atoms with Gasteiger partial charge in [0.25, 0.3) is 0 Å². The van der Waals surface area contributed by atoms with Crippen LogP contribution in [0.2, 0.25) is 0 Å². The molecular formula is C7H7BrFNO. The average Bonchev–Trinajstić information content (AvgIpc) is 2.04. The highest BCUT2D eigenvalue weighted by Gasteiger charge is 1.99. The molecular weight excluding hydrogens is 213 g/mol. The van der Waals surface area contributed by atoms with Gasteiger partial charge in [0.15, 0.2) is 0 Å². The van der Waals surface area contributed by atoms with Crippen LogP contribution in [-0.2, 0) is 0 Å². The number of methoxy groups -OCH3 is 1. The summed E-state index contributed by atoms with van der Waals surface area (Å²) in [5, 5.41) is 0. The Morgan fingerprint density at radius 2 is 2.27 bits per heavy atom. The van der Waals surface area contributed by atoms with E-state index in [2.05, 4.69) is 15.9 Å². The highest BCUT2D eigenvalue weighted by atomic mass is 79.9. The van der Waals surface area contributed by atoms with Crippen LogP contribution in [0.15, 0.2) is 22.7 Å². The first-order valence-corrected chi connectivity index (χ1v) is 3.77. The lowest BCUT2D eigenvalue weighted by Gasteiger charge is -2.02. The zero-order valence-corrected chi connectivity index (χ0v) is 7.48. The van der Waals surface area contributed by atoms with E-state index in [4.69, 9.17) is 4.74 Å². The minimum absolute atomic E-state index is 0.394. The van der Waals surface area contributed by atoms with E-state index in [1.807, 2.05) is 0 Å². The molecule has 0 aliphatic carbocycles. The Hall–Kier alpha value is -0.770. The maximum atomic E-state index is 11.9. The van der Waals surface area contributed by atoms with Crippen molar-refractivity contribution in [3.05, 3.63) is 22.7 Å². The summed E-state index contributed by atoms with van der Waals surface area (Å²) in [6.45, 7) is 0. The second-order valence-electron chi connectivity index (χ2n) is 1.94. The molecule has 0 atom stereocenters. The van der Waals surface area contributed by atoms with Crippen molar-refractivity contribution in [3.8, 4) is 5.75 Å². The second-order valence-corrected chi connectivity index (χ2v) is 2.79. The molecule has 0 saturated carbocycles. The highest BCUT2D eigenvalue weighted by Crippen LogP contribution is 2.26. The van der Waals surface area contributed by atoms with Crippen molar-refractivity contribution in [2.75, 3.05) is 12.6 Å². The van der Waals surface area contributed by atoms with Crippen molar-refractivity contribution in [1.82, 2.24) is 0 Å². The smallest absolute Gasteiger partial charge is 0.120 e. The Morgan fingerprint density at radius 3 is 2.73 bits per heavy atom. The van der Waals surface area contributed by atoms with Gasteiger partial charge in [-0.15, -0.1) is 4.48 Å². The van der Waals surface area contributed by atoms with Crippen LogP contribution in [0, 0.1) is 0 Å². The average molecular weight is 220 g/mol. The molecule has 1 N–H and O–H groups in total. The van der Waals surface area contributed by atoms with E-state index in [-0.39, 0.29) is 0 Å². The molecule has 0 bridgehead atoms. The Kier molecular flexibility index (Phi) is 2.70. The number of anilines is 1. The molecule has 0 radical (unpaired) electrons. The molecule has 0 spiro atoms. The predicted molar refractivity (Wildman–Crippen MR) is 45.4 cm³/mol. The fraction of sp³-hybridized carbons (Fsp3) is 0.143. The number of halogens is 2. The number of hydrogen-bond acceptors (Lipinski definition) is 2. The van der Waals surface area contributed by atoms with E-state index in [0.717, 1.165) is 0 Å². The lowest BCUT2D eigenvalue weighted by atomic mass is 10.3. The molecule has 4 heteroatoms. The second kappa shape index (κ2) is 3.57. The maximum Gasteiger partial charge on any atom is 0.120 e. The van der Waals surface area contributed by atoms with Gasteiger partial charge in [-0.25, -0.2) is 5.54 Å². The van der Waals surface area contributed by atoms with Gasteiger partial charge >= 0.3 is 0 Å². The number of ether oxygens (including phenoxy) is 1. The van der Waals surface area contributed by atoms with Crippen molar-refractivity contribution in [2.24, 2.45) is 0 Å². The monoisotopic (exact) mass is 219 g/mol. The molecule has 0 fully saturated rings. The van der Waals surface area contributed by atoms with Gasteiger partial charge in [0.05, 0.1) is 12.8 Å². The Balaban J connectivity index is 2.99. The van der Waals surface area contributed by atoms with Crippen LogP contribution in [0.3, 0.4) is 0 Å². The molecule has 0 aliphatic rings. The first-order valence-electron chi connectivity index (χ1n) is 2.98. The van der Waals surface area contributed by atoms with Crippen LogP contribution < -0.4 is 10.3 Å². The largest absolute Gasteiger partial charge is 0.497 e. The summed E-state index contributed by atoms with van der Waals surface area (Å²) in [7, 11) is 1.56. The maximum absolute atomic E-state index is 11.9. The third-order valence-electron chi connectivity index (χ3n) is 1.28. The van der Waals surface area contributed by atoms with Crippen molar-refractivity contribution < 1.29 is 9.22 Å². The van der Waals surface area contributed by atoms with E-state index in [1.54, 1.807) is 30.8 Å². The molecule has 1 aromatic rings. The number of nitrogens with one attached hydrogen (secondary N) is 1. The zero-order valence-electron chi connectivity index (χ0n) is 5.90. The number of rotatable bonds is 2. The summed E-state index contributed by atoms with van der Waals surface area (Å²) >= 11 is 3.17. The van der Waals surface area contributed by atoms with Gasteiger partial charge in [-0.1, -0.05) is 0 Å². The fourth-order valence-corrected chi connectivity index (χ4v) is 1.13. The summed E-state index contributed by atoms with van der Waals surface area (Å²) < 4.78 is 17.5. The molecule has 1 aromatic carbocycles. The Labute approximate surface area is 72.4 Å². The molecule has 0 unspecified atom stereocenters. The Morgan fingerprint density at radius 1 is 1.55 bits per heavy atom. The molecule has 0 saturated heterocycles. The van der Waals surface area contributed by atoms with Crippen molar-refractivity contribution in [1.29, 1.82) is 0 Å². The normalized spacial score (nSPS) is 9.36. The SMILES string of the molecule is COc1ccc(NF)c(Br)c1. The van der Waals surface area contributed by atoms with Gasteiger partial charge in [-0.3, -0.25) is 0 Å². The van der Waals surface area contributed by atoms with Crippen LogP contribution in [0.4, 0.5) is 10.2 Å². The van der Waals surface area contributed by atoms with E-state index in [1.165, 1.54) is 0 Å². The lowest BCUT2D eigenvalue weighted by Crippen LogP contribution is -1.86. The molecule has 1 rings (SSSR count). The highest BCUT2D eigenvalue weighted by molar-refractivity contribution is 9.10. The van der Waals surface area contributed by atoms with Gasteiger partial charge in [0, 0.05) is 4.47 Å². The molecule has 11 heavy (non-hydrogen) atoms. The van der Waals surface area contributed by atoms with E-state index in [0.29, 0.717) is 15.9 Å². The van der Waals surface area contributed by atoms with Crippen molar-refractivity contribution in [3.63, 3.8) is 0 Å². The predicted octanol–water partition coefficient (Wildman–Crippen LogP) is 2.75. The van der Waals surface area contributed by atoms with Gasteiger partial charge in [0.1, 0.15) is 5.75 Å². The van der Waals surface area contributed by atoms with E-state index >= 15 is 0 Å². The zero-order chi connectivity index (χ0) is 8.27. The lowest BCUT2D eigenvalue weighted by molar-refractivity contribution is 0.414. The minimum Gasteiger partial charge on any atom is -0.497 e. The third kappa shape index (κ3) is 1.83. The minimum atomic E-state index is 0.394. The summed E-state index contributed by atoms with van der Waals surface area (Å²) in [5.41, 5.74) is 1.94. The summed E-state index contributed by atoms with van der Waals surface area (Å²) in [6.07, 6.45) is 0. The van der Waals surface area contributed by atoms with Gasteiger partial charge in [0.2, 0.25) is 0 Å². The molecule has 0 aliphatic heterocycles. The van der Waals surface area contributed by atoms with Crippen LogP contribution >= 0.6 is 15.9 Å². The molecule has 0 aromatic heterocycles. The summed E-state index contributed by atoms with van der Waals surface area (Å²) in [6, 6.07) is 4.94. The third-order valence-corrected chi connectivity index (χ3v) is 1.93. The van der Waals surface area contributed by atoms with Gasteiger partial charge in [-0.05, 0) is 34.1 Å². The Bertz CT molecular complexity index is 254. The fourth-order valence-electron chi connectivity index (χ4n) is 0.699. The van der Waals surface area contributed by atoms with Crippen LogP contribution in [0.1, 0.15) is 0 Å². The molecule has 60 valence electrons. The first kappa shape index (κ1) is 8.33. The van der Waals surface area contributed by atoms with E-state index < -0.39 is 0 Å². The van der Waals surface area contributed by atoms with Crippen LogP contribution in [0.25, 0.3) is 0 Å². The van der Waals surface area contributed by atoms with Crippen LogP contribution in [0.5, 0.6) is 5.75 Å². The van der Waals surface area contributed by atoms with Crippen molar-refractivity contribution >= 4 is 21.6 Å². The first-order chi connectivity index (χ1) is 5.27. The van der Waals surface area contributed by atoms with Crippen LogP contribution in [-0.4, -0.2) is 7.11 Å². The quantitative estimate of drug-likeness (QED) is 0.773. The van der Waals surface area contributed by atoms with Crippen molar-refractivity contribution in [2.45, 2.75) is 0 Å². The number of hydrogen-bond donors (Lipinski definition) is 1. The molecule has 0 heterocycles. The molecule has 0 amide bonds. The number of benzene rings is 1. The molecule has 2 nitrogen and oxygen atoms in total. The summed E-state index contributed by atoms with van der Waals surface area (Å²) in [4.78, 5) is 0. The standard InChI is InChI=1S/C7H7BrFNO/c1-11-5-2-3-7(10-9)6(8)4-5/h2-4,10H,1H3. The van der Waals surface area contributed by atoms with E-state index in [9.17, 15) is 4.48 Å². The summed E-state index contributed by atoms with van der Waals surface area (Å²) in [5.74, 6) is 0.691. The van der Waals surface area contributed by atoms with Gasteiger partial charge in [-0.2, -0.15) is 0 Å². The van der Waals surface area contributed by atoms with Gasteiger partial charge < -0.3 is 4.74 Å².